The van der Waals surface area contributed by atoms with Crippen LogP contribution in [0.5, 0.6) is 0 Å². The van der Waals surface area contributed by atoms with Crippen molar-refractivity contribution < 1.29 is 9.08 Å². The smallest absolute Gasteiger partial charge is 0.341 e. The molecule has 0 bridgehead atoms. The third-order valence-electron chi connectivity index (χ3n) is 1.26. The molecule has 0 aromatic carbocycles. The molecule has 0 aromatic rings. The van der Waals surface area contributed by atoms with Gasteiger partial charge < -0.3 is 10.0 Å². The Hall–Kier alpha value is -0.280. The predicted octanol–water partition coefficient (Wildman–Crippen LogP) is 1.06. The van der Waals surface area contributed by atoms with Crippen LogP contribution in [0.25, 0.3) is 0 Å². The van der Waals surface area contributed by atoms with Crippen molar-refractivity contribution in [2.75, 3.05) is 0 Å². The molecule has 0 rings (SSSR count). The van der Waals surface area contributed by atoms with Crippen molar-refractivity contribution in [3.8, 4) is 0 Å². The maximum Gasteiger partial charge on any atom is 0.341 e. The Kier molecular flexibility index (Phi) is 3.12. The van der Waals surface area contributed by atoms with Crippen molar-refractivity contribution in [1.82, 2.24) is 0 Å². The van der Waals surface area contributed by atoms with Gasteiger partial charge in [-0.05, 0) is 5.41 Å². The molecule has 0 aliphatic rings. The van der Waals surface area contributed by atoms with Crippen LogP contribution in [0.1, 0.15) is 20.8 Å². The molecule has 0 aromatic heterocycles. The van der Waals surface area contributed by atoms with Gasteiger partial charge in [0, 0.05) is 0 Å². The van der Waals surface area contributed by atoms with E-state index in [9.17, 15) is 4.79 Å². The number of halogens is 1. The fraction of sp³-hybridized carbons (Fsp3) is 0.833. The monoisotopic (exact) mass is 165 g/mol. The first kappa shape index (κ1) is 9.72. The van der Waals surface area contributed by atoms with E-state index in [2.05, 4.69) is 4.29 Å². The maximum absolute atomic E-state index is 10.7. The van der Waals surface area contributed by atoms with Gasteiger partial charge in [0.1, 0.15) is 17.9 Å². The Morgan fingerprint density at radius 2 is 2.00 bits per heavy atom. The van der Waals surface area contributed by atoms with E-state index in [1.54, 1.807) is 0 Å². The third-order valence-corrected chi connectivity index (χ3v) is 1.42. The van der Waals surface area contributed by atoms with Crippen LogP contribution in [0.3, 0.4) is 0 Å². The summed E-state index contributed by atoms with van der Waals surface area (Å²) in [5.41, 5.74) is 5.15. The van der Waals surface area contributed by atoms with Gasteiger partial charge in [-0.25, -0.2) is 4.79 Å². The zero-order chi connectivity index (χ0) is 8.36. The highest BCUT2D eigenvalue weighted by Crippen LogP contribution is 2.18. The first-order chi connectivity index (χ1) is 4.39. The Morgan fingerprint density at radius 3 is 2.10 bits per heavy atom. The van der Waals surface area contributed by atoms with Gasteiger partial charge in [0.05, 0.1) is 0 Å². The molecule has 0 heterocycles. The van der Waals surface area contributed by atoms with Crippen molar-refractivity contribution in [2.45, 2.75) is 26.8 Å². The van der Waals surface area contributed by atoms with Crippen molar-refractivity contribution in [1.29, 1.82) is 0 Å². The molecule has 0 radical (unpaired) electrons. The second-order valence-electron chi connectivity index (χ2n) is 3.24. The van der Waals surface area contributed by atoms with Crippen LogP contribution in [0.2, 0.25) is 0 Å². The van der Waals surface area contributed by atoms with Gasteiger partial charge in [0.15, 0.2) is 0 Å². The highest BCUT2D eigenvalue weighted by atomic mass is 35.5. The van der Waals surface area contributed by atoms with E-state index in [-0.39, 0.29) is 5.41 Å². The van der Waals surface area contributed by atoms with Crippen LogP contribution in [-0.2, 0) is 9.08 Å². The average molecular weight is 166 g/mol. The van der Waals surface area contributed by atoms with E-state index in [0.717, 1.165) is 0 Å². The van der Waals surface area contributed by atoms with Crippen LogP contribution in [-0.4, -0.2) is 12.0 Å². The highest BCUT2D eigenvalue weighted by Gasteiger charge is 2.28. The Labute approximate surface area is 65.7 Å². The molecule has 1 atom stereocenters. The lowest BCUT2D eigenvalue weighted by molar-refractivity contribution is -0.137. The zero-order valence-corrected chi connectivity index (χ0v) is 7.11. The number of hydrogen-bond donors (Lipinski definition) is 1. The SMILES string of the molecule is CC(C)(C)C(N)C(=O)OCl. The fourth-order valence-corrected chi connectivity index (χ4v) is 0.498. The van der Waals surface area contributed by atoms with E-state index in [1.807, 2.05) is 20.8 Å². The first-order valence-corrected chi connectivity index (χ1v) is 3.28. The summed E-state index contributed by atoms with van der Waals surface area (Å²) in [5.74, 6) is -0.589. The second-order valence-corrected chi connectivity index (χ2v) is 3.39. The largest absolute Gasteiger partial charge is 0.346 e. The van der Waals surface area contributed by atoms with Crippen LogP contribution in [0.15, 0.2) is 0 Å². The summed E-state index contributed by atoms with van der Waals surface area (Å²) < 4.78 is 3.95. The molecule has 0 saturated heterocycles. The van der Waals surface area contributed by atoms with Crippen molar-refractivity contribution in [3.63, 3.8) is 0 Å². The highest BCUT2D eigenvalue weighted by molar-refractivity contribution is 6.13. The summed E-state index contributed by atoms with van der Waals surface area (Å²) in [7, 11) is 0. The lowest BCUT2D eigenvalue weighted by Crippen LogP contribution is -2.42. The standard InChI is InChI=1S/C6H12ClNO2/c1-6(2,3)4(8)5(9)10-7/h4H,8H2,1-3H3. The second kappa shape index (κ2) is 3.21. The Balaban J connectivity index is 4.08. The molecule has 0 aliphatic carbocycles. The van der Waals surface area contributed by atoms with Crippen molar-refractivity contribution in [3.05, 3.63) is 0 Å². The molecule has 3 nitrogen and oxygen atoms in total. The number of hydrogen-bond acceptors (Lipinski definition) is 3. The minimum atomic E-state index is -0.662. The maximum atomic E-state index is 10.7. The molecular weight excluding hydrogens is 154 g/mol. The summed E-state index contributed by atoms with van der Waals surface area (Å²) in [6.07, 6.45) is 0. The molecule has 1 unspecified atom stereocenters. The Morgan fingerprint density at radius 1 is 1.60 bits per heavy atom. The van der Waals surface area contributed by atoms with E-state index in [0.29, 0.717) is 0 Å². The topological polar surface area (TPSA) is 52.3 Å². The fourth-order valence-electron chi connectivity index (χ4n) is 0.402. The number of carbonyl (C=O) groups is 1. The summed E-state index contributed by atoms with van der Waals surface area (Å²) in [6, 6.07) is -0.662. The average Bonchev–Trinajstić information content (AvgIpc) is 1.83. The van der Waals surface area contributed by atoms with Crippen LogP contribution in [0, 0.1) is 5.41 Å². The van der Waals surface area contributed by atoms with Crippen LogP contribution in [0.4, 0.5) is 0 Å². The van der Waals surface area contributed by atoms with Gasteiger partial charge in [-0.2, -0.15) is 0 Å². The quantitative estimate of drug-likeness (QED) is 0.632. The minimum absolute atomic E-state index is 0.300. The van der Waals surface area contributed by atoms with Gasteiger partial charge in [-0.3, -0.25) is 0 Å². The summed E-state index contributed by atoms with van der Waals surface area (Å²) in [5, 5.41) is 0. The number of carbonyl (C=O) groups excluding carboxylic acids is 1. The van der Waals surface area contributed by atoms with Crippen molar-refractivity contribution >= 4 is 17.8 Å². The lowest BCUT2D eigenvalue weighted by Gasteiger charge is -2.23. The Bertz CT molecular complexity index is 130. The minimum Gasteiger partial charge on any atom is -0.346 e. The number of nitrogens with two attached hydrogens (primary N) is 1. The van der Waals surface area contributed by atoms with Crippen LogP contribution < -0.4 is 5.73 Å². The van der Waals surface area contributed by atoms with Gasteiger partial charge >= 0.3 is 5.97 Å². The van der Waals surface area contributed by atoms with E-state index >= 15 is 0 Å². The molecule has 2 N–H and O–H groups in total. The van der Waals surface area contributed by atoms with E-state index in [4.69, 9.17) is 17.6 Å². The molecule has 0 amide bonds. The molecule has 0 saturated carbocycles. The lowest BCUT2D eigenvalue weighted by atomic mass is 9.88. The molecule has 0 fully saturated rings. The van der Waals surface area contributed by atoms with Gasteiger partial charge in [0.25, 0.3) is 0 Å². The van der Waals surface area contributed by atoms with Crippen LogP contribution >= 0.6 is 11.9 Å². The third kappa shape index (κ3) is 2.54. The molecule has 4 heteroatoms. The van der Waals surface area contributed by atoms with Crippen molar-refractivity contribution in [2.24, 2.45) is 11.1 Å². The number of rotatable bonds is 1. The molecular formula is C6H12ClNO2. The molecule has 60 valence electrons. The van der Waals surface area contributed by atoms with Gasteiger partial charge in [-0.1, -0.05) is 20.8 Å². The normalized spacial score (nSPS) is 14.5. The first-order valence-electron chi connectivity index (χ1n) is 2.97. The molecule has 0 aliphatic heterocycles. The predicted molar refractivity (Wildman–Crippen MR) is 39.4 cm³/mol. The summed E-state index contributed by atoms with van der Waals surface area (Å²) in [4.78, 5) is 10.7. The van der Waals surface area contributed by atoms with E-state index < -0.39 is 12.0 Å². The molecule has 10 heavy (non-hydrogen) atoms. The molecule has 0 spiro atoms. The van der Waals surface area contributed by atoms with Gasteiger partial charge in [0.2, 0.25) is 0 Å². The summed E-state index contributed by atoms with van der Waals surface area (Å²) >= 11 is 4.82. The van der Waals surface area contributed by atoms with E-state index in [1.165, 1.54) is 0 Å². The summed E-state index contributed by atoms with van der Waals surface area (Å²) in [6.45, 7) is 5.52. The van der Waals surface area contributed by atoms with Gasteiger partial charge in [-0.15, -0.1) is 0 Å². The zero-order valence-electron chi connectivity index (χ0n) is 6.35.